The summed E-state index contributed by atoms with van der Waals surface area (Å²) in [6.45, 7) is 0. The number of halogens is 1. The van der Waals surface area contributed by atoms with E-state index in [0.29, 0.717) is 12.1 Å². The molecule has 1 N–H and O–H groups in total. The summed E-state index contributed by atoms with van der Waals surface area (Å²) < 4.78 is 6.12. The molecule has 1 fully saturated rings. The zero-order valence-electron chi connectivity index (χ0n) is 7.86. The molecule has 1 saturated carbocycles. The second kappa shape index (κ2) is 4.55. The number of hydrogen-bond acceptors (Lipinski definition) is 5. The minimum Gasteiger partial charge on any atom is -0.381 e. The summed E-state index contributed by atoms with van der Waals surface area (Å²) in [6.07, 6.45) is 3.75. The Balaban J connectivity index is 1.87. The number of methoxy groups -OCH3 is 1. The van der Waals surface area contributed by atoms with Gasteiger partial charge >= 0.3 is 0 Å². The van der Waals surface area contributed by atoms with Crippen molar-refractivity contribution < 1.29 is 4.74 Å². The maximum absolute atomic E-state index is 5.30. The van der Waals surface area contributed by atoms with Crippen LogP contribution in [0.4, 0.5) is 5.13 Å². The van der Waals surface area contributed by atoms with E-state index >= 15 is 0 Å². The van der Waals surface area contributed by atoms with Crippen LogP contribution in [-0.4, -0.2) is 29.5 Å². The van der Waals surface area contributed by atoms with E-state index in [0.717, 1.165) is 28.3 Å². The minimum atomic E-state index is 0.406. The number of rotatable bonds is 3. The first-order chi connectivity index (χ1) is 6.78. The Bertz CT molecular complexity index is 307. The Labute approximate surface area is 95.2 Å². The Kier molecular flexibility index (Phi) is 3.35. The van der Waals surface area contributed by atoms with E-state index in [4.69, 9.17) is 4.74 Å². The Morgan fingerprint density at radius 1 is 1.50 bits per heavy atom. The van der Waals surface area contributed by atoms with Crippen molar-refractivity contribution in [3.05, 3.63) is 3.92 Å². The van der Waals surface area contributed by atoms with E-state index in [1.807, 2.05) is 0 Å². The molecule has 6 heteroatoms. The summed E-state index contributed by atoms with van der Waals surface area (Å²) in [5.74, 6) is 0. The smallest absolute Gasteiger partial charge is 0.206 e. The Hall–Kier alpha value is -0.200. The Morgan fingerprint density at radius 2 is 2.36 bits per heavy atom. The molecule has 1 aliphatic rings. The van der Waals surface area contributed by atoms with E-state index in [1.54, 1.807) is 7.11 Å². The van der Waals surface area contributed by atoms with Crippen molar-refractivity contribution in [3.63, 3.8) is 0 Å². The largest absolute Gasteiger partial charge is 0.381 e. The van der Waals surface area contributed by atoms with Gasteiger partial charge in [0.05, 0.1) is 6.10 Å². The quantitative estimate of drug-likeness (QED) is 0.921. The van der Waals surface area contributed by atoms with Crippen LogP contribution in [0.1, 0.15) is 19.3 Å². The molecule has 1 aromatic heterocycles. The van der Waals surface area contributed by atoms with Gasteiger partial charge < -0.3 is 10.1 Å². The van der Waals surface area contributed by atoms with Crippen LogP contribution in [0.25, 0.3) is 0 Å². The van der Waals surface area contributed by atoms with Crippen molar-refractivity contribution in [1.82, 2.24) is 10.2 Å². The molecule has 2 rings (SSSR count). The highest BCUT2D eigenvalue weighted by Gasteiger charge is 2.24. The molecule has 4 nitrogen and oxygen atoms in total. The molecule has 0 aromatic carbocycles. The van der Waals surface area contributed by atoms with Gasteiger partial charge in [-0.1, -0.05) is 11.3 Å². The molecule has 0 radical (unpaired) electrons. The second-order valence-electron chi connectivity index (χ2n) is 3.37. The van der Waals surface area contributed by atoms with E-state index in [9.17, 15) is 0 Å². The molecule has 0 amide bonds. The predicted molar refractivity (Wildman–Crippen MR) is 59.7 cm³/mol. The number of ether oxygens (including phenoxy) is 1. The molecule has 2 atom stereocenters. The van der Waals surface area contributed by atoms with Gasteiger partial charge in [-0.2, -0.15) is 0 Å². The van der Waals surface area contributed by atoms with Crippen molar-refractivity contribution in [2.45, 2.75) is 31.4 Å². The van der Waals surface area contributed by atoms with Crippen LogP contribution in [0.3, 0.4) is 0 Å². The number of nitrogens with one attached hydrogen (secondary N) is 1. The topological polar surface area (TPSA) is 47.0 Å². The number of anilines is 1. The lowest BCUT2D eigenvalue weighted by molar-refractivity contribution is 0.108. The molecule has 14 heavy (non-hydrogen) atoms. The van der Waals surface area contributed by atoms with Crippen molar-refractivity contribution in [3.8, 4) is 0 Å². The van der Waals surface area contributed by atoms with E-state index in [-0.39, 0.29) is 0 Å². The first-order valence-electron chi connectivity index (χ1n) is 4.56. The highest BCUT2D eigenvalue weighted by Crippen LogP contribution is 2.27. The molecular weight excluding hydrogens is 266 g/mol. The molecule has 2 unspecified atom stereocenters. The normalized spacial score (nSPS) is 26.7. The molecule has 0 aliphatic heterocycles. The fourth-order valence-corrected chi connectivity index (χ4v) is 2.81. The van der Waals surface area contributed by atoms with Crippen LogP contribution in [0.2, 0.25) is 0 Å². The van der Waals surface area contributed by atoms with Gasteiger partial charge in [0, 0.05) is 13.2 Å². The van der Waals surface area contributed by atoms with Crippen molar-refractivity contribution >= 4 is 32.4 Å². The number of nitrogens with zero attached hydrogens (tertiary/aromatic N) is 2. The van der Waals surface area contributed by atoms with E-state index < -0.39 is 0 Å². The maximum Gasteiger partial charge on any atom is 0.206 e. The lowest BCUT2D eigenvalue weighted by Gasteiger charge is -2.10. The van der Waals surface area contributed by atoms with Crippen molar-refractivity contribution in [2.75, 3.05) is 12.4 Å². The molecular formula is C8H12BrN3OS. The summed E-state index contributed by atoms with van der Waals surface area (Å²) in [5, 5.41) is 12.1. The standard InChI is InChI=1S/C8H12BrN3OS/c1-13-6-3-2-5(4-6)10-8-12-11-7(9)14-8/h5-6H,2-4H2,1H3,(H,10,12). The van der Waals surface area contributed by atoms with Gasteiger partial charge in [0.1, 0.15) is 0 Å². The van der Waals surface area contributed by atoms with Crippen LogP contribution < -0.4 is 5.32 Å². The lowest BCUT2D eigenvalue weighted by Crippen LogP contribution is -2.17. The van der Waals surface area contributed by atoms with Crippen molar-refractivity contribution in [1.29, 1.82) is 0 Å². The number of hydrogen-bond donors (Lipinski definition) is 1. The average molecular weight is 278 g/mol. The van der Waals surface area contributed by atoms with E-state index in [2.05, 4.69) is 31.4 Å². The van der Waals surface area contributed by atoms with Gasteiger partial charge in [0.25, 0.3) is 0 Å². The molecule has 0 spiro atoms. The van der Waals surface area contributed by atoms with Crippen molar-refractivity contribution in [2.24, 2.45) is 0 Å². The molecule has 1 aliphatic carbocycles. The molecule has 1 heterocycles. The van der Waals surface area contributed by atoms with Gasteiger partial charge in [-0.3, -0.25) is 0 Å². The third-order valence-corrected chi connectivity index (χ3v) is 3.73. The minimum absolute atomic E-state index is 0.406. The highest BCUT2D eigenvalue weighted by molar-refractivity contribution is 9.11. The first kappa shape index (κ1) is 10.3. The second-order valence-corrected chi connectivity index (χ2v) is 5.63. The van der Waals surface area contributed by atoms with Gasteiger partial charge in [0.2, 0.25) is 5.13 Å². The average Bonchev–Trinajstić information content (AvgIpc) is 2.76. The first-order valence-corrected chi connectivity index (χ1v) is 6.17. The van der Waals surface area contributed by atoms with Crippen LogP contribution in [-0.2, 0) is 4.74 Å². The monoisotopic (exact) mass is 277 g/mol. The fraction of sp³-hybridized carbons (Fsp3) is 0.750. The van der Waals surface area contributed by atoms with Gasteiger partial charge in [-0.25, -0.2) is 0 Å². The van der Waals surface area contributed by atoms with Crippen LogP contribution in [0, 0.1) is 0 Å². The number of aromatic nitrogens is 2. The zero-order chi connectivity index (χ0) is 9.97. The van der Waals surface area contributed by atoms with E-state index in [1.165, 1.54) is 11.3 Å². The molecule has 0 bridgehead atoms. The zero-order valence-corrected chi connectivity index (χ0v) is 10.3. The third kappa shape index (κ3) is 2.43. The SMILES string of the molecule is COC1CCC(Nc2nnc(Br)s2)C1. The summed E-state index contributed by atoms with van der Waals surface area (Å²) >= 11 is 4.81. The lowest BCUT2D eigenvalue weighted by atomic mass is 10.2. The summed E-state index contributed by atoms with van der Waals surface area (Å²) in [5.41, 5.74) is 0. The highest BCUT2D eigenvalue weighted by atomic mass is 79.9. The van der Waals surface area contributed by atoms with Gasteiger partial charge in [-0.05, 0) is 35.2 Å². The summed E-state index contributed by atoms with van der Waals surface area (Å²) in [4.78, 5) is 0. The molecule has 0 saturated heterocycles. The summed E-state index contributed by atoms with van der Waals surface area (Å²) in [6, 6.07) is 0.486. The maximum atomic E-state index is 5.30. The predicted octanol–water partition coefficient (Wildman–Crippen LogP) is 2.28. The third-order valence-electron chi connectivity index (χ3n) is 2.45. The molecule has 1 aromatic rings. The fourth-order valence-electron chi connectivity index (χ4n) is 1.72. The van der Waals surface area contributed by atoms with Crippen LogP contribution >= 0.6 is 27.3 Å². The van der Waals surface area contributed by atoms with Gasteiger partial charge in [0.15, 0.2) is 3.92 Å². The van der Waals surface area contributed by atoms with Crippen LogP contribution in [0.15, 0.2) is 3.92 Å². The van der Waals surface area contributed by atoms with Crippen LogP contribution in [0.5, 0.6) is 0 Å². The summed E-state index contributed by atoms with van der Waals surface area (Å²) in [7, 11) is 1.77. The Morgan fingerprint density at radius 3 is 2.93 bits per heavy atom. The molecule has 78 valence electrons. The van der Waals surface area contributed by atoms with Gasteiger partial charge in [-0.15, -0.1) is 10.2 Å².